The van der Waals surface area contributed by atoms with Crippen molar-refractivity contribution in [3.63, 3.8) is 0 Å². The predicted octanol–water partition coefficient (Wildman–Crippen LogP) is 3.74. The summed E-state index contributed by atoms with van der Waals surface area (Å²) in [6.07, 6.45) is 0.622. The third kappa shape index (κ3) is 4.88. The molecule has 2 aromatic carbocycles. The Kier molecular flexibility index (Phi) is 6.78. The zero-order chi connectivity index (χ0) is 21.2. The summed E-state index contributed by atoms with van der Waals surface area (Å²) >= 11 is 12.1. The molecule has 10 heteroatoms. The van der Waals surface area contributed by atoms with Crippen molar-refractivity contribution in [2.45, 2.75) is 17.7 Å². The first-order chi connectivity index (χ1) is 13.7. The minimum absolute atomic E-state index is 0.0306. The maximum atomic E-state index is 13.9. The molecule has 0 radical (unpaired) electrons. The lowest BCUT2D eigenvalue weighted by atomic mass is 10.1. The van der Waals surface area contributed by atoms with Gasteiger partial charge in [-0.25, -0.2) is 17.2 Å². The van der Waals surface area contributed by atoms with E-state index in [9.17, 15) is 22.0 Å². The lowest BCUT2D eigenvalue weighted by molar-refractivity contribution is -0.132. The second kappa shape index (κ2) is 8.95. The van der Waals surface area contributed by atoms with Gasteiger partial charge in [-0.15, -0.1) is 0 Å². The van der Waals surface area contributed by atoms with E-state index in [0.717, 1.165) is 22.0 Å². The fourth-order valence-corrected chi connectivity index (χ4v) is 5.02. The third-order valence-electron chi connectivity index (χ3n) is 4.74. The normalized spacial score (nSPS) is 15.5. The van der Waals surface area contributed by atoms with Gasteiger partial charge < -0.3 is 4.90 Å². The minimum atomic E-state index is -4.10. The second-order valence-electron chi connectivity index (χ2n) is 6.57. The number of nitrogens with zero attached hydrogens (tertiary/aromatic N) is 2. The smallest absolute Gasteiger partial charge is 0.246 e. The van der Waals surface area contributed by atoms with Crippen molar-refractivity contribution in [2.75, 3.05) is 26.2 Å². The molecule has 1 fully saturated rings. The number of halogens is 4. The summed E-state index contributed by atoms with van der Waals surface area (Å²) < 4.78 is 53.3. The van der Waals surface area contributed by atoms with E-state index in [0.29, 0.717) is 22.5 Å². The van der Waals surface area contributed by atoms with Crippen molar-refractivity contribution in [1.82, 2.24) is 9.21 Å². The zero-order valence-corrected chi connectivity index (χ0v) is 17.6. The number of rotatable bonds is 5. The Bertz CT molecular complexity index is 1030. The molecular formula is C19H18Cl2F2N2O3S. The molecule has 5 nitrogen and oxygen atoms in total. The molecule has 1 aliphatic heterocycles. The van der Waals surface area contributed by atoms with E-state index in [1.54, 1.807) is 23.1 Å². The van der Waals surface area contributed by atoms with Crippen molar-refractivity contribution in [1.29, 1.82) is 0 Å². The molecule has 0 aromatic heterocycles. The van der Waals surface area contributed by atoms with E-state index in [4.69, 9.17) is 23.2 Å². The molecule has 0 atom stereocenters. The van der Waals surface area contributed by atoms with Gasteiger partial charge in [-0.2, -0.15) is 4.31 Å². The van der Waals surface area contributed by atoms with Crippen molar-refractivity contribution >= 4 is 39.1 Å². The SMILES string of the molecule is O=C(CCc1cccc(Cl)c1Cl)N1CCN(S(=O)(=O)c2ccc(F)cc2F)CC1. The first-order valence-electron chi connectivity index (χ1n) is 8.86. The molecule has 29 heavy (non-hydrogen) atoms. The maximum Gasteiger partial charge on any atom is 0.246 e. The van der Waals surface area contributed by atoms with Crippen LogP contribution in [0.5, 0.6) is 0 Å². The van der Waals surface area contributed by atoms with Crippen LogP contribution in [0, 0.1) is 11.6 Å². The predicted molar refractivity (Wildman–Crippen MR) is 106 cm³/mol. The molecular weight excluding hydrogens is 445 g/mol. The molecule has 1 amide bonds. The molecule has 0 spiro atoms. The molecule has 0 unspecified atom stereocenters. The highest BCUT2D eigenvalue weighted by Crippen LogP contribution is 2.27. The molecule has 0 saturated carbocycles. The van der Waals surface area contributed by atoms with Crippen molar-refractivity contribution in [3.05, 3.63) is 63.6 Å². The Labute approximate surface area is 177 Å². The minimum Gasteiger partial charge on any atom is -0.340 e. The summed E-state index contributed by atoms with van der Waals surface area (Å²) in [6, 6.07) is 7.56. The first-order valence-corrected chi connectivity index (χ1v) is 11.1. The van der Waals surface area contributed by atoms with Crippen molar-refractivity contribution in [3.8, 4) is 0 Å². The van der Waals surface area contributed by atoms with Crippen LogP contribution in [0.2, 0.25) is 10.0 Å². The first kappa shape index (κ1) is 22.0. The van der Waals surface area contributed by atoms with Crippen LogP contribution < -0.4 is 0 Å². The highest BCUT2D eigenvalue weighted by atomic mass is 35.5. The van der Waals surface area contributed by atoms with Crippen LogP contribution in [0.4, 0.5) is 8.78 Å². The van der Waals surface area contributed by atoms with Gasteiger partial charge >= 0.3 is 0 Å². The number of carbonyl (C=O) groups is 1. The van der Waals surface area contributed by atoms with Crippen LogP contribution in [0.15, 0.2) is 41.3 Å². The molecule has 1 heterocycles. The monoisotopic (exact) mass is 462 g/mol. The summed E-state index contributed by atoms with van der Waals surface area (Å²) in [6.45, 7) is 0.430. The number of carbonyl (C=O) groups excluding carboxylic acids is 1. The largest absolute Gasteiger partial charge is 0.340 e. The Morgan fingerprint density at radius 1 is 1.03 bits per heavy atom. The summed E-state index contributed by atoms with van der Waals surface area (Å²) in [5, 5.41) is 0.836. The van der Waals surface area contributed by atoms with E-state index in [1.165, 1.54) is 0 Å². The van der Waals surface area contributed by atoms with Gasteiger partial charge in [0.2, 0.25) is 15.9 Å². The van der Waals surface area contributed by atoms with Gasteiger partial charge in [0.05, 0.1) is 10.0 Å². The number of aryl methyl sites for hydroxylation is 1. The van der Waals surface area contributed by atoms with Crippen LogP contribution in [0.25, 0.3) is 0 Å². The average Bonchev–Trinajstić information content (AvgIpc) is 2.68. The number of piperazine rings is 1. The third-order valence-corrected chi connectivity index (χ3v) is 7.53. The standard InChI is InChI=1S/C19H18Cl2F2N2O3S/c20-15-3-1-2-13(19(15)21)4-7-18(26)24-8-10-25(11-9-24)29(27,28)17-6-5-14(22)12-16(17)23/h1-3,5-6,12H,4,7-11H2. The average molecular weight is 463 g/mol. The Hall–Kier alpha value is -1.74. The molecule has 0 N–H and O–H groups in total. The van der Waals surface area contributed by atoms with E-state index in [1.807, 2.05) is 0 Å². The number of hydrogen-bond acceptors (Lipinski definition) is 3. The van der Waals surface area contributed by atoms with Gasteiger partial charge in [0.25, 0.3) is 0 Å². The molecule has 0 aliphatic carbocycles. The van der Waals surface area contributed by atoms with Crippen molar-refractivity contribution in [2.24, 2.45) is 0 Å². The van der Waals surface area contributed by atoms with Crippen LogP contribution in [-0.2, 0) is 21.2 Å². The quantitative estimate of drug-likeness (QED) is 0.679. The molecule has 1 saturated heterocycles. The topological polar surface area (TPSA) is 57.7 Å². The fraction of sp³-hybridized carbons (Fsp3) is 0.316. The number of benzene rings is 2. The van der Waals surface area contributed by atoms with Crippen LogP contribution >= 0.6 is 23.2 Å². The second-order valence-corrected chi connectivity index (χ2v) is 9.26. The zero-order valence-electron chi connectivity index (χ0n) is 15.2. The highest BCUT2D eigenvalue weighted by molar-refractivity contribution is 7.89. The Balaban J connectivity index is 1.59. The van der Waals surface area contributed by atoms with Crippen molar-refractivity contribution < 1.29 is 22.0 Å². The van der Waals surface area contributed by atoms with Gasteiger partial charge in [-0.05, 0) is 30.2 Å². The lowest BCUT2D eigenvalue weighted by Crippen LogP contribution is -2.50. The van der Waals surface area contributed by atoms with E-state index < -0.39 is 26.6 Å². The fourth-order valence-electron chi connectivity index (χ4n) is 3.14. The van der Waals surface area contributed by atoms with E-state index >= 15 is 0 Å². The van der Waals surface area contributed by atoms with Gasteiger partial charge in [0.15, 0.2) is 0 Å². The number of amides is 1. The van der Waals surface area contributed by atoms with Gasteiger partial charge in [0.1, 0.15) is 16.5 Å². The maximum absolute atomic E-state index is 13.9. The molecule has 2 aromatic rings. The molecule has 3 rings (SSSR count). The lowest BCUT2D eigenvalue weighted by Gasteiger charge is -2.34. The molecule has 0 bridgehead atoms. The highest BCUT2D eigenvalue weighted by Gasteiger charge is 2.32. The van der Waals surface area contributed by atoms with Crippen LogP contribution in [0.1, 0.15) is 12.0 Å². The van der Waals surface area contributed by atoms with Crippen LogP contribution in [0.3, 0.4) is 0 Å². The summed E-state index contributed by atoms with van der Waals surface area (Å²) in [7, 11) is -4.10. The summed E-state index contributed by atoms with van der Waals surface area (Å²) in [5.41, 5.74) is 0.764. The Morgan fingerprint density at radius 3 is 2.38 bits per heavy atom. The van der Waals surface area contributed by atoms with Gasteiger partial charge in [0, 0.05) is 38.7 Å². The summed E-state index contributed by atoms with van der Waals surface area (Å²) in [5.74, 6) is -2.12. The van der Waals surface area contributed by atoms with E-state index in [2.05, 4.69) is 0 Å². The van der Waals surface area contributed by atoms with Gasteiger partial charge in [-0.1, -0.05) is 35.3 Å². The van der Waals surface area contributed by atoms with Gasteiger partial charge in [-0.3, -0.25) is 4.79 Å². The molecule has 156 valence electrons. The summed E-state index contributed by atoms with van der Waals surface area (Å²) in [4.78, 5) is 13.5. The van der Waals surface area contributed by atoms with E-state index in [-0.39, 0.29) is 38.5 Å². The Morgan fingerprint density at radius 2 is 1.72 bits per heavy atom. The number of sulfonamides is 1. The molecule has 1 aliphatic rings. The number of hydrogen-bond donors (Lipinski definition) is 0. The van der Waals surface area contributed by atoms with Crippen LogP contribution in [-0.4, -0.2) is 49.7 Å².